The van der Waals surface area contributed by atoms with E-state index in [1.807, 2.05) is 30.8 Å². The molecule has 0 aromatic heterocycles. The fourth-order valence-electron chi connectivity index (χ4n) is 3.45. The summed E-state index contributed by atoms with van der Waals surface area (Å²) in [7, 11) is 0. The Balaban J connectivity index is 1.54. The fourth-order valence-corrected chi connectivity index (χ4v) is 4.46. The van der Waals surface area contributed by atoms with Gasteiger partial charge in [-0.2, -0.15) is 0 Å². The molecule has 0 bridgehead atoms. The first-order valence-corrected chi connectivity index (χ1v) is 8.74. The Labute approximate surface area is 125 Å². The molecule has 1 aromatic rings. The Bertz CT molecular complexity index is 452. The highest BCUT2D eigenvalue weighted by atomic mass is 32.2. The van der Waals surface area contributed by atoms with Crippen molar-refractivity contribution in [1.29, 1.82) is 0 Å². The van der Waals surface area contributed by atoms with Crippen LogP contribution in [0.3, 0.4) is 0 Å². The highest BCUT2D eigenvalue weighted by Gasteiger charge is 2.41. The molecular formula is C17H24O2S. The average molecular weight is 292 g/mol. The van der Waals surface area contributed by atoms with Gasteiger partial charge in [-0.05, 0) is 50.3 Å². The number of rotatable bonds is 4. The molecule has 1 spiro atoms. The van der Waals surface area contributed by atoms with Crippen molar-refractivity contribution in [2.45, 2.75) is 68.2 Å². The maximum Gasteiger partial charge on any atom is 0.0762 e. The second-order valence-corrected chi connectivity index (χ2v) is 7.32. The predicted molar refractivity (Wildman–Crippen MR) is 83.1 cm³/mol. The van der Waals surface area contributed by atoms with Gasteiger partial charge in [0.1, 0.15) is 0 Å². The molecule has 2 nitrogen and oxygen atoms in total. The molecule has 2 atom stereocenters. The number of thioether (sulfide) groups is 1. The summed E-state index contributed by atoms with van der Waals surface area (Å²) in [5, 5.41) is 9.63. The van der Waals surface area contributed by atoms with Crippen LogP contribution in [0.15, 0.2) is 29.2 Å². The molecule has 1 aromatic carbocycles. The number of ether oxygens (including phenoxy) is 1. The van der Waals surface area contributed by atoms with Crippen molar-refractivity contribution in [2.75, 3.05) is 5.75 Å². The van der Waals surface area contributed by atoms with Crippen LogP contribution in [-0.2, 0) is 4.74 Å². The summed E-state index contributed by atoms with van der Waals surface area (Å²) in [6.45, 7) is 1.81. The van der Waals surface area contributed by atoms with Crippen LogP contribution in [0.2, 0.25) is 0 Å². The average Bonchev–Trinajstić information content (AvgIpc) is 3.08. The maximum absolute atomic E-state index is 9.63. The van der Waals surface area contributed by atoms with Crippen molar-refractivity contribution >= 4 is 11.8 Å². The minimum absolute atomic E-state index is 0.243. The largest absolute Gasteiger partial charge is 0.389 e. The lowest BCUT2D eigenvalue weighted by Gasteiger charge is -2.23. The first kappa shape index (κ1) is 14.4. The van der Waals surface area contributed by atoms with E-state index < -0.39 is 0 Å². The van der Waals surface area contributed by atoms with Crippen LogP contribution in [0, 0.1) is 0 Å². The molecule has 20 heavy (non-hydrogen) atoms. The van der Waals surface area contributed by atoms with E-state index in [4.69, 9.17) is 4.74 Å². The molecule has 1 aliphatic carbocycles. The van der Waals surface area contributed by atoms with Gasteiger partial charge < -0.3 is 9.84 Å². The van der Waals surface area contributed by atoms with E-state index in [-0.39, 0.29) is 11.7 Å². The molecule has 2 aliphatic rings. The summed E-state index contributed by atoms with van der Waals surface area (Å²) in [5.74, 6) is 1.03. The first-order valence-electron chi connectivity index (χ1n) is 7.76. The number of hydrogen-bond donors (Lipinski definition) is 1. The van der Waals surface area contributed by atoms with E-state index >= 15 is 0 Å². The molecule has 1 aliphatic heterocycles. The van der Waals surface area contributed by atoms with E-state index in [0.29, 0.717) is 6.10 Å². The minimum atomic E-state index is -0.389. The summed E-state index contributed by atoms with van der Waals surface area (Å²) in [5.41, 5.74) is 1.24. The molecule has 1 heterocycles. The summed E-state index contributed by atoms with van der Waals surface area (Å²) in [6.07, 6.45) is 7.72. The van der Waals surface area contributed by atoms with E-state index in [0.717, 1.165) is 11.3 Å². The zero-order valence-electron chi connectivity index (χ0n) is 12.2. The number of aliphatic hydroxyl groups excluding tert-OH is 1. The smallest absolute Gasteiger partial charge is 0.0762 e. The lowest BCUT2D eigenvalue weighted by atomic mass is 9.98. The molecular weight excluding hydrogens is 268 g/mol. The molecule has 0 radical (unpaired) electrons. The Morgan fingerprint density at radius 3 is 2.90 bits per heavy atom. The van der Waals surface area contributed by atoms with Gasteiger partial charge in [0, 0.05) is 10.6 Å². The Kier molecular flexibility index (Phi) is 4.39. The third-order valence-electron chi connectivity index (χ3n) is 4.63. The standard InChI is InChI=1S/C17H24O2S/c1-13(18)14-5-4-6-16(11-14)20-12-15-7-10-17(19-15)8-2-3-9-17/h4-6,11,13,15,18H,2-3,7-10,12H2,1H3. The fraction of sp³-hybridized carbons (Fsp3) is 0.647. The van der Waals surface area contributed by atoms with Crippen LogP contribution in [-0.4, -0.2) is 22.6 Å². The number of aliphatic hydroxyl groups is 1. The SMILES string of the molecule is CC(O)c1cccc(SCC2CCC3(CCCC3)O2)c1. The van der Waals surface area contributed by atoms with Crippen molar-refractivity contribution < 1.29 is 9.84 Å². The zero-order valence-corrected chi connectivity index (χ0v) is 13.0. The molecule has 1 N–H and O–H groups in total. The van der Waals surface area contributed by atoms with Crippen molar-refractivity contribution in [3.05, 3.63) is 29.8 Å². The van der Waals surface area contributed by atoms with E-state index in [2.05, 4.69) is 12.1 Å². The number of benzene rings is 1. The second-order valence-electron chi connectivity index (χ2n) is 6.23. The first-order chi connectivity index (χ1) is 9.67. The molecule has 110 valence electrons. The lowest BCUT2D eigenvalue weighted by molar-refractivity contribution is -0.0267. The van der Waals surface area contributed by atoms with E-state index in [1.165, 1.54) is 43.4 Å². The predicted octanol–water partition coefficient (Wildman–Crippen LogP) is 4.32. The van der Waals surface area contributed by atoms with Crippen LogP contribution in [0.25, 0.3) is 0 Å². The second kappa shape index (κ2) is 6.08. The lowest BCUT2D eigenvalue weighted by Crippen LogP contribution is -2.25. The third-order valence-corrected chi connectivity index (χ3v) is 5.76. The Morgan fingerprint density at radius 2 is 2.15 bits per heavy atom. The maximum atomic E-state index is 9.63. The summed E-state index contributed by atoms with van der Waals surface area (Å²) < 4.78 is 6.34. The molecule has 1 saturated heterocycles. The molecule has 3 rings (SSSR count). The topological polar surface area (TPSA) is 29.5 Å². The zero-order chi connectivity index (χ0) is 14.0. The monoisotopic (exact) mass is 292 g/mol. The Hall–Kier alpha value is -0.510. The highest BCUT2D eigenvalue weighted by molar-refractivity contribution is 7.99. The Morgan fingerprint density at radius 1 is 1.35 bits per heavy atom. The summed E-state index contributed by atoms with van der Waals surface area (Å²) in [4.78, 5) is 1.24. The van der Waals surface area contributed by atoms with Crippen LogP contribution >= 0.6 is 11.8 Å². The summed E-state index contributed by atoms with van der Waals surface area (Å²) in [6, 6.07) is 8.22. The van der Waals surface area contributed by atoms with Gasteiger partial charge in [0.2, 0.25) is 0 Å². The quantitative estimate of drug-likeness (QED) is 0.838. The third kappa shape index (κ3) is 3.21. The minimum Gasteiger partial charge on any atom is -0.389 e. The molecule has 2 fully saturated rings. The van der Waals surface area contributed by atoms with Gasteiger partial charge in [0.25, 0.3) is 0 Å². The van der Waals surface area contributed by atoms with Crippen LogP contribution in [0.1, 0.15) is 57.1 Å². The highest BCUT2D eigenvalue weighted by Crippen LogP contribution is 2.44. The van der Waals surface area contributed by atoms with Gasteiger partial charge in [-0.3, -0.25) is 0 Å². The molecule has 0 amide bonds. The van der Waals surface area contributed by atoms with Gasteiger partial charge >= 0.3 is 0 Å². The van der Waals surface area contributed by atoms with Crippen molar-refractivity contribution in [3.8, 4) is 0 Å². The van der Waals surface area contributed by atoms with Crippen molar-refractivity contribution in [1.82, 2.24) is 0 Å². The van der Waals surface area contributed by atoms with Gasteiger partial charge in [-0.1, -0.05) is 25.0 Å². The van der Waals surface area contributed by atoms with E-state index in [1.54, 1.807) is 0 Å². The molecule has 1 saturated carbocycles. The van der Waals surface area contributed by atoms with E-state index in [9.17, 15) is 5.11 Å². The van der Waals surface area contributed by atoms with Gasteiger partial charge in [-0.25, -0.2) is 0 Å². The number of hydrogen-bond acceptors (Lipinski definition) is 3. The van der Waals surface area contributed by atoms with Gasteiger partial charge in [0.05, 0.1) is 17.8 Å². The van der Waals surface area contributed by atoms with Crippen LogP contribution in [0.5, 0.6) is 0 Å². The van der Waals surface area contributed by atoms with Crippen LogP contribution in [0.4, 0.5) is 0 Å². The molecule has 2 unspecified atom stereocenters. The summed E-state index contributed by atoms with van der Waals surface area (Å²) >= 11 is 1.86. The molecule has 3 heteroatoms. The van der Waals surface area contributed by atoms with Gasteiger partial charge in [-0.15, -0.1) is 11.8 Å². The van der Waals surface area contributed by atoms with Crippen molar-refractivity contribution in [3.63, 3.8) is 0 Å². The van der Waals surface area contributed by atoms with Crippen molar-refractivity contribution in [2.24, 2.45) is 0 Å². The van der Waals surface area contributed by atoms with Gasteiger partial charge in [0.15, 0.2) is 0 Å². The normalized spacial score (nSPS) is 26.2. The van der Waals surface area contributed by atoms with Crippen LogP contribution < -0.4 is 0 Å².